The Morgan fingerprint density at radius 3 is 1.93 bits per heavy atom. The first-order chi connectivity index (χ1) is 19.4. The van der Waals surface area contributed by atoms with Gasteiger partial charge >= 0.3 is 0 Å². The van der Waals surface area contributed by atoms with E-state index in [-0.39, 0.29) is 5.41 Å². The SMILES string of the molecule is Cc1cc(C)cc(-n2ccnc2-c2ccc3c(c2)C(C)(C)c2c-3ccc3c4ccccc4c4ccccc4c23)c1. The van der Waals surface area contributed by atoms with Gasteiger partial charge in [0.2, 0.25) is 0 Å². The van der Waals surface area contributed by atoms with Crippen LogP contribution in [0.25, 0.3) is 60.5 Å². The van der Waals surface area contributed by atoms with Crippen LogP contribution in [0.1, 0.15) is 36.1 Å². The molecule has 0 spiro atoms. The molecule has 0 atom stereocenters. The van der Waals surface area contributed by atoms with Crippen molar-refractivity contribution in [1.29, 1.82) is 0 Å². The predicted molar refractivity (Wildman–Crippen MR) is 169 cm³/mol. The van der Waals surface area contributed by atoms with Crippen molar-refractivity contribution in [3.05, 3.63) is 132 Å². The van der Waals surface area contributed by atoms with Crippen LogP contribution >= 0.6 is 0 Å². The first kappa shape index (κ1) is 23.2. The van der Waals surface area contributed by atoms with E-state index in [0.717, 1.165) is 17.1 Å². The highest BCUT2D eigenvalue weighted by Gasteiger charge is 2.38. The largest absolute Gasteiger partial charge is 0.300 e. The molecule has 0 saturated carbocycles. The van der Waals surface area contributed by atoms with E-state index in [0.29, 0.717) is 0 Å². The van der Waals surface area contributed by atoms with E-state index in [1.54, 1.807) is 0 Å². The third kappa shape index (κ3) is 3.14. The van der Waals surface area contributed by atoms with Gasteiger partial charge in [0.05, 0.1) is 0 Å². The summed E-state index contributed by atoms with van der Waals surface area (Å²) in [7, 11) is 0. The average Bonchev–Trinajstić information content (AvgIpc) is 3.54. The normalized spacial score (nSPS) is 13.7. The minimum Gasteiger partial charge on any atom is -0.300 e. The molecule has 2 heteroatoms. The molecule has 0 unspecified atom stereocenters. The predicted octanol–water partition coefficient (Wildman–Crippen LogP) is 9.92. The van der Waals surface area contributed by atoms with Crippen molar-refractivity contribution in [2.75, 3.05) is 0 Å². The smallest absolute Gasteiger partial charge is 0.144 e. The van der Waals surface area contributed by atoms with E-state index >= 15 is 0 Å². The fraction of sp³-hybridized carbons (Fsp3) is 0.132. The summed E-state index contributed by atoms with van der Waals surface area (Å²) in [6.45, 7) is 9.08. The van der Waals surface area contributed by atoms with E-state index in [9.17, 15) is 0 Å². The summed E-state index contributed by atoms with van der Waals surface area (Å²) in [6.07, 6.45) is 3.98. The van der Waals surface area contributed by atoms with E-state index in [1.807, 2.05) is 6.20 Å². The summed E-state index contributed by atoms with van der Waals surface area (Å²) in [6, 6.07) is 36.1. The number of hydrogen-bond donors (Lipinski definition) is 0. The highest BCUT2D eigenvalue weighted by molar-refractivity contribution is 6.27. The highest BCUT2D eigenvalue weighted by Crippen LogP contribution is 2.54. The Morgan fingerprint density at radius 1 is 0.625 bits per heavy atom. The van der Waals surface area contributed by atoms with Crippen molar-refractivity contribution < 1.29 is 0 Å². The Morgan fingerprint density at radius 2 is 1.23 bits per heavy atom. The van der Waals surface area contributed by atoms with Crippen molar-refractivity contribution in [2.45, 2.75) is 33.1 Å². The summed E-state index contributed by atoms with van der Waals surface area (Å²) < 4.78 is 2.21. The maximum absolute atomic E-state index is 4.83. The van der Waals surface area contributed by atoms with Crippen molar-refractivity contribution in [3.63, 3.8) is 0 Å². The fourth-order valence-electron chi connectivity index (χ4n) is 7.25. The molecule has 1 aromatic heterocycles. The molecule has 192 valence electrons. The zero-order valence-electron chi connectivity index (χ0n) is 23.3. The molecule has 40 heavy (non-hydrogen) atoms. The Kier molecular flexibility index (Phi) is 4.74. The third-order valence-electron chi connectivity index (χ3n) is 8.90. The van der Waals surface area contributed by atoms with E-state index < -0.39 is 0 Å². The number of hydrogen-bond acceptors (Lipinski definition) is 1. The van der Waals surface area contributed by atoms with Gasteiger partial charge in [-0.3, -0.25) is 4.57 Å². The maximum atomic E-state index is 4.83. The minimum atomic E-state index is -0.164. The summed E-state index contributed by atoms with van der Waals surface area (Å²) in [5.74, 6) is 0.973. The van der Waals surface area contributed by atoms with Crippen LogP contribution in [0.2, 0.25) is 0 Å². The van der Waals surface area contributed by atoms with Gasteiger partial charge in [-0.25, -0.2) is 4.98 Å². The van der Waals surface area contributed by atoms with Crippen LogP contribution < -0.4 is 0 Å². The van der Waals surface area contributed by atoms with Crippen molar-refractivity contribution in [3.8, 4) is 28.2 Å². The molecule has 1 aliphatic rings. The fourth-order valence-corrected chi connectivity index (χ4v) is 7.25. The first-order valence-corrected chi connectivity index (χ1v) is 14.1. The van der Waals surface area contributed by atoms with Gasteiger partial charge in [0, 0.05) is 29.1 Å². The lowest BCUT2D eigenvalue weighted by molar-refractivity contribution is 0.667. The van der Waals surface area contributed by atoms with Crippen molar-refractivity contribution in [1.82, 2.24) is 9.55 Å². The van der Waals surface area contributed by atoms with Crippen LogP contribution in [0, 0.1) is 13.8 Å². The van der Waals surface area contributed by atoms with Crippen molar-refractivity contribution in [2.24, 2.45) is 0 Å². The summed E-state index contributed by atoms with van der Waals surface area (Å²) in [5, 5.41) is 8.01. The third-order valence-corrected chi connectivity index (χ3v) is 8.90. The molecule has 0 fully saturated rings. The topological polar surface area (TPSA) is 17.8 Å². The molecule has 8 rings (SSSR count). The van der Waals surface area contributed by atoms with Crippen LogP contribution in [-0.2, 0) is 5.41 Å². The second-order valence-electron chi connectivity index (χ2n) is 11.9. The second-order valence-corrected chi connectivity index (χ2v) is 11.9. The molecule has 0 N–H and O–H groups in total. The lowest BCUT2D eigenvalue weighted by Crippen LogP contribution is -2.16. The maximum Gasteiger partial charge on any atom is 0.144 e. The summed E-state index contributed by atoms with van der Waals surface area (Å²) in [4.78, 5) is 4.83. The van der Waals surface area contributed by atoms with E-state index in [1.165, 1.54) is 65.7 Å². The molecule has 6 aromatic carbocycles. The van der Waals surface area contributed by atoms with Gasteiger partial charge in [0.1, 0.15) is 5.82 Å². The molecular weight excluding hydrogens is 484 g/mol. The van der Waals surface area contributed by atoms with Gasteiger partial charge in [0.25, 0.3) is 0 Å². The van der Waals surface area contributed by atoms with Crippen LogP contribution in [-0.4, -0.2) is 9.55 Å². The Labute approximate surface area is 234 Å². The number of rotatable bonds is 2. The molecule has 1 heterocycles. The quantitative estimate of drug-likeness (QED) is 0.210. The number of nitrogens with zero attached hydrogens (tertiary/aromatic N) is 2. The van der Waals surface area contributed by atoms with Gasteiger partial charge in [-0.1, -0.05) is 92.7 Å². The van der Waals surface area contributed by atoms with Gasteiger partial charge < -0.3 is 0 Å². The molecule has 0 bridgehead atoms. The van der Waals surface area contributed by atoms with Crippen LogP contribution in [0.4, 0.5) is 0 Å². The summed E-state index contributed by atoms with van der Waals surface area (Å²) >= 11 is 0. The van der Waals surface area contributed by atoms with Crippen LogP contribution in [0.3, 0.4) is 0 Å². The average molecular weight is 515 g/mol. The lowest BCUT2D eigenvalue weighted by atomic mass is 9.78. The zero-order chi connectivity index (χ0) is 27.2. The standard InChI is InChI=1S/C38H30N2/c1-23-19-24(2)21-26(20-23)40-18-17-39-37(40)25-13-14-30-33-16-15-32-29-11-6-5-9-27(29)28-10-7-8-12-31(28)35(32)36(33)38(3,4)34(30)22-25/h5-22H,1-4H3. The zero-order valence-corrected chi connectivity index (χ0v) is 23.3. The van der Waals surface area contributed by atoms with Crippen LogP contribution in [0.15, 0.2) is 109 Å². The molecule has 1 aliphatic carbocycles. The van der Waals surface area contributed by atoms with Gasteiger partial charge in [-0.15, -0.1) is 0 Å². The Bertz CT molecular complexity index is 2100. The van der Waals surface area contributed by atoms with Gasteiger partial charge in [0.15, 0.2) is 0 Å². The van der Waals surface area contributed by atoms with E-state index in [4.69, 9.17) is 4.98 Å². The van der Waals surface area contributed by atoms with Crippen molar-refractivity contribution >= 4 is 32.3 Å². The van der Waals surface area contributed by atoms with E-state index in [2.05, 4.69) is 136 Å². The molecule has 0 radical (unpaired) electrons. The molecule has 0 saturated heterocycles. The second kappa shape index (κ2) is 8.16. The molecule has 0 aliphatic heterocycles. The lowest BCUT2D eigenvalue weighted by Gasteiger charge is -2.25. The minimum absolute atomic E-state index is 0.164. The Balaban J connectivity index is 1.37. The molecule has 0 amide bonds. The Hall–Kier alpha value is -4.69. The number of benzene rings is 6. The van der Waals surface area contributed by atoms with Crippen LogP contribution in [0.5, 0.6) is 0 Å². The summed E-state index contributed by atoms with van der Waals surface area (Å²) in [5.41, 5.74) is 10.1. The highest BCUT2D eigenvalue weighted by atomic mass is 15.1. The first-order valence-electron chi connectivity index (χ1n) is 14.1. The molecule has 2 nitrogen and oxygen atoms in total. The van der Waals surface area contributed by atoms with Gasteiger partial charge in [-0.05, 0) is 97.7 Å². The molecule has 7 aromatic rings. The molecular formula is C38H30N2. The number of aromatic nitrogens is 2. The monoisotopic (exact) mass is 514 g/mol. The van der Waals surface area contributed by atoms with Gasteiger partial charge in [-0.2, -0.15) is 0 Å². The number of aryl methyl sites for hydroxylation is 2. The number of imidazole rings is 1. The number of fused-ring (bicyclic) bond motifs is 10.